The molecule has 0 aliphatic carbocycles. The highest BCUT2D eigenvalue weighted by Crippen LogP contribution is 2.50. The first kappa shape index (κ1) is 16.8. The maximum atomic E-state index is 6.52. The van der Waals surface area contributed by atoms with Crippen LogP contribution in [-0.4, -0.2) is 38.1 Å². The van der Waals surface area contributed by atoms with Crippen LogP contribution in [0.2, 0.25) is 0 Å². The maximum absolute atomic E-state index is 6.52. The van der Waals surface area contributed by atoms with Gasteiger partial charge in [0.25, 0.3) is 0 Å². The highest BCUT2D eigenvalue weighted by molar-refractivity contribution is 5.56. The molecule has 142 valence electrons. The molecule has 0 unspecified atom stereocenters. The summed E-state index contributed by atoms with van der Waals surface area (Å²) in [7, 11) is 1.70. The first-order valence-corrected chi connectivity index (χ1v) is 9.73. The van der Waals surface area contributed by atoms with E-state index in [2.05, 4.69) is 30.0 Å². The summed E-state index contributed by atoms with van der Waals surface area (Å²) in [5.41, 5.74) is 2.45. The normalized spacial score (nSPS) is 26.5. The topological polar surface area (TPSA) is 40.2 Å². The minimum absolute atomic E-state index is 0.0764. The van der Waals surface area contributed by atoms with Crippen molar-refractivity contribution in [3.63, 3.8) is 0 Å². The van der Waals surface area contributed by atoms with Crippen LogP contribution in [0.1, 0.15) is 36.8 Å². The van der Waals surface area contributed by atoms with Crippen LogP contribution in [0.25, 0.3) is 0 Å². The zero-order valence-electron chi connectivity index (χ0n) is 15.8. The molecule has 0 N–H and O–H groups in total. The third-order valence-electron chi connectivity index (χ3n) is 6.04. The molecule has 3 atom stereocenters. The summed E-state index contributed by atoms with van der Waals surface area (Å²) in [4.78, 5) is 2.48. The molecule has 0 saturated carbocycles. The number of nitrogens with zero attached hydrogens (tertiary/aromatic N) is 1. The summed E-state index contributed by atoms with van der Waals surface area (Å²) < 4.78 is 23.1. The first-order chi connectivity index (χ1) is 13.2. The molecule has 0 bridgehead atoms. The van der Waals surface area contributed by atoms with E-state index in [9.17, 15) is 0 Å². The summed E-state index contributed by atoms with van der Waals surface area (Å²) in [6, 6.07) is 12.5. The number of likely N-dealkylation sites (tertiary alicyclic amines) is 1. The van der Waals surface area contributed by atoms with E-state index in [1.54, 1.807) is 7.11 Å². The van der Waals surface area contributed by atoms with Crippen LogP contribution in [-0.2, 0) is 0 Å². The molecule has 2 aromatic carbocycles. The lowest BCUT2D eigenvalue weighted by Gasteiger charge is -2.42. The minimum atomic E-state index is 0.0764. The van der Waals surface area contributed by atoms with Crippen molar-refractivity contribution in [3.8, 4) is 23.0 Å². The van der Waals surface area contributed by atoms with Crippen molar-refractivity contribution in [3.05, 3.63) is 47.5 Å². The Morgan fingerprint density at radius 1 is 0.963 bits per heavy atom. The summed E-state index contributed by atoms with van der Waals surface area (Å²) in [5.74, 6) is 3.93. The Labute approximate surface area is 159 Å². The number of benzene rings is 2. The summed E-state index contributed by atoms with van der Waals surface area (Å²) >= 11 is 0. The average Bonchev–Trinajstić information content (AvgIpc) is 3.38. The Morgan fingerprint density at radius 3 is 2.37 bits per heavy atom. The van der Waals surface area contributed by atoms with Gasteiger partial charge in [0.05, 0.1) is 7.11 Å². The molecule has 5 heteroatoms. The lowest BCUT2D eigenvalue weighted by molar-refractivity contribution is -0.0178. The number of ether oxygens (including phenoxy) is 4. The fourth-order valence-electron chi connectivity index (χ4n) is 4.67. The van der Waals surface area contributed by atoms with Gasteiger partial charge in [-0.05, 0) is 36.6 Å². The van der Waals surface area contributed by atoms with E-state index >= 15 is 0 Å². The molecule has 0 amide bonds. The molecule has 2 aromatic rings. The molecule has 3 aliphatic rings. The van der Waals surface area contributed by atoms with E-state index in [1.807, 2.05) is 18.2 Å². The SMILES string of the molecule is COc1ccc([C@H]2c3cc4c(cc3O[C@H](N3CCCC3)[C@@H]2C)OCO4)cc1. The molecular formula is C22H25NO4. The highest BCUT2D eigenvalue weighted by Gasteiger charge is 2.41. The quantitative estimate of drug-likeness (QED) is 0.820. The molecule has 27 heavy (non-hydrogen) atoms. The molecular weight excluding hydrogens is 342 g/mol. The van der Waals surface area contributed by atoms with Crippen molar-refractivity contribution in [2.45, 2.75) is 31.9 Å². The smallest absolute Gasteiger partial charge is 0.231 e. The second-order valence-corrected chi connectivity index (χ2v) is 7.60. The first-order valence-electron chi connectivity index (χ1n) is 9.73. The van der Waals surface area contributed by atoms with E-state index in [-0.39, 0.29) is 18.9 Å². The Hall–Kier alpha value is -2.40. The van der Waals surface area contributed by atoms with Gasteiger partial charge >= 0.3 is 0 Å². The van der Waals surface area contributed by atoms with Gasteiger partial charge in [-0.25, -0.2) is 0 Å². The van der Waals surface area contributed by atoms with Crippen LogP contribution in [0.15, 0.2) is 36.4 Å². The molecule has 0 radical (unpaired) electrons. The standard InChI is InChI=1S/C22H25NO4/c1-14-21(15-5-7-16(24-2)8-6-15)17-11-19-20(26-13-25-19)12-18(17)27-22(14)23-9-3-4-10-23/h5-8,11-12,14,21-22H,3-4,9-10,13H2,1-2H3/t14-,21+,22+/m1/s1. The fourth-order valence-corrected chi connectivity index (χ4v) is 4.67. The highest BCUT2D eigenvalue weighted by atomic mass is 16.7. The predicted octanol–water partition coefficient (Wildman–Crippen LogP) is 4.01. The lowest BCUT2D eigenvalue weighted by Crippen LogP contribution is -2.46. The largest absolute Gasteiger partial charge is 0.497 e. The van der Waals surface area contributed by atoms with Crippen LogP contribution < -0.4 is 18.9 Å². The van der Waals surface area contributed by atoms with Crippen molar-refractivity contribution in [1.82, 2.24) is 4.90 Å². The predicted molar refractivity (Wildman–Crippen MR) is 102 cm³/mol. The summed E-state index contributed by atoms with van der Waals surface area (Å²) in [6.45, 7) is 4.77. The van der Waals surface area contributed by atoms with Crippen molar-refractivity contribution in [2.75, 3.05) is 27.0 Å². The molecule has 3 aliphatic heterocycles. The van der Waals surface area contributed by atoms with Gasteiger partial charge < -0.3 is 18.9 Å². The maximum Gasteiger partial charge on any atom is 0.231 e. The number of methoxy groups -OCH3 is 1. The van der Waals surface area contributed by atoms with Crippen LogP contribution in [0, 0.1) is 5.92 Å². The Bertz CT molecular complexity index is 829. The van der Waals surface area contributed by atoms with Gasteiger partial charge in [0.2, 0.25) is 6.79 Å². The molecule has 5 rings (SSSR count). The van der Waals surface area contributed by atoms with E-state index < -0.39 is 0 Å². The van der Waals surface area contributed by atoms with E-state index in [0.29, 0.717) is 5.92 Å². The van der Waals surface area contributed by atoms with Gasteiger partial charge in [0.1, 0.15) is 11.5 Å². The monoisotopic (exact) mass is 367 g/mol. The zero-order chi connectivity index (χ0) is 18.4. The molecule has 5 nitrogen and oxygen atoms in total. The van der Waals surface area contributed by atoms with Crippen molar-refractivity contribution in [2.24, 2.45) is 5.92 Å². The summed E-state index contributed by atoms with van der Waals surface area (Å²) in [6.07, 6.45) is 2.56. The second kappa shape index (κ2) is 6.64. The molecule has 1 saturated heterocycles. The second-order valence-electron chi connectivity index (χ2n) is 7.60. The van der Waals surface area contributed by atoms with Gasteiger partial charge in [0, 0.05) is 36.6 Å². The number of rotatable bonds is 3. The molecule has 1 fully saturated rings. The minimum Gasteiger partial charge on any atom is -0.497 e. The Balaban J connectivity index is 1.60. The summed E-state index contributed by atoms with van der Waals surface area (Å²) in [5, 5.41) is 0. The van der Waals surface area contributed by atoms with Gasteiger partial charge in [-0.2, -0.15) is 0 Å². The van der Waals surface area contributed by atoms with Gasteiger partial charge in [-0.3, -0.25) is 4.90 Å². The van der Waals surface area contributed by atoms with Crippen molar-refractivity contribution >= 4 is 0 Å². The third kappa shape index (κ3) is 2.81. The third-order valence-corrected chi connectivity index (χ3v) is 6.04. The molecule has 0 aromatic heterocycles. The van der Waals surface area contributed by atoms with Crippen molar-refractivity contribution in [1.29, 1.82) is 0 Å². The molecule has 0 spiro atoms. The number of hydrogen-bond donors (Lipinski definition) is 0. The fraction of sp³-hybridized carbons (Fsp3) is 0.455. The van der Waals surface area contributed by atoms with Crippen LogP contribution in [0.5, 0.6) is 23.0 Å². The number of fused-ring (bicyclic) bond motifs is 2. The van der Waals surface area contributed by atoms with Gasteiger partial charge in [0.15, 0.2) is 17.7 Å². The average molecular weight is 367 g/mol. The Morgan fingerprint density at radius 2 is 1.67 bits per heavy atom. The zero-order valence-corrected chi connectivity index (χ0v) is 15.8. The van der Waals surface area contributed by atoms with Crippen LogP contribution >= 0.6 is 0 Å². The van der Waals surface area contributed by atoms with E-state index in [4.69, 9.17) is 18.9 Å². The van der Waals surface area contributed by atoms with Gasteiger partial charge in [-0.15, -0.1) is 0 Å². The van der Waals surface area contributed by atoms with E-state index in [1.165, 1.54) is 24.0 Å². The number of hydrogen-bond acceptors (Lipinski definition) is 5. The van der Waals surface area contributed by atoms with E-state index in [0.717, 1.165) is 36.1 Å². The van der Waals surface area contributed by atoms with Crippen LogP contribution in [0.3, 0.4) is 0 Å². The lowest BCUT2D eigenvalue weighted by atomic mass is 9.78. The Kier molecular flexibility index (Phi) is 4.12. The van der Waals surface area contributed by atoms with Gasteiger partial charge in [-0.1, -0.05) is 19.1 Å². The van der Waals surface area contributed by atoms with Crippen LogP contribution in [0.4, 0.5) is 0 Å². The van der Waals surface area contributed by atoms with Crippen molar-refractivity contribution < 1.29 is 18.9 Å². The molecule has 3 heterocycles.